The molecule has 2 rings (SSSR count). The number of ether oxygens (including phenoxy) is 2. The molecule has 0 heterocycles. The van der Waals surface area contributed by atoms with Gasteiger partial charge in [0.25, 0.3) is 0 Å². The molecular weight excluding hydrogens is 306 g/mol. The van der Waals surface area contributed by atoms with E-state index in [1.54, 1.807) is 14.2 Å². The van der Waals surface area contributed by atoms with Gasteiger partial charge in [-0.15, -0.1) is 0 Å². The molecule has 0 saturated heterocycles. The van der Waals surface area contributed by atoms with Crippen LogP contribution in [0.15, 0.2) is 10.5 Å². The number of halogens is 1. The molecule has 19 heavy (non-hydrogen) atoms. The van der Waals surface area contributed by atoms with Crippen molar-refractivity contribution in [3.05, 3.63) is 21.7 Å². The molecule has 1 aromatic carbocycles. The summed E-state index contributed by atoms with van der Waals surface area (Å²) >= 11 is 3.59. The molecule has 1 saturated carbocycles. The first kappa shape index (κ1) is 14.7. The van der Waals surface area contributed by atoms with Crippen LogP contribution in [0.3, 0.4) is 0 Å². The molecule has 0 spiro atoms. The third-order valence-electron chi connectivity index (χ3n) is 4.37. The van der Waals surface area contributed by atoms with Gasteiger partial charge in [0.15, 0.2) is 11.5 Å². The highest BCUT2D eigenvalue weighted by molar-refractivity contribution is 9.10. The minimum Gasteiger partial charge on any atom is -0.493 e. The molecule has 0 radical (unpaired) electrons. The molecule has 0 aromatic heterocycles. The van der Waals surface area contributed by atoms with Crippen molar-refractivity contribution in [2.24, 2.45) is 5.73 Å². The third kappa shape index (κ3) is 2.36. The highest BCUT2D eigenvalue weighted by atomic mass is 79.9. The van der Waals surface area contributed by atoms with Crippen LogP contribution >= 0.6 is 15.9 Å². The molecule has 0 aliphatic heterocycles. The smallest absolute Gasteiger partial charge is 0.175 e. The minimum atomic E-state index is 0.103. The predicted molar refractivity (Wildman–Crippen MR) is 81.2 cm³/mol. The number of nitrogens with two attached hydrogens (primary N) is 1. The lowest BCUT2D eigenvalue weighted by Gasteiger charge is -2.31. The summed E-state index contributed by atoms with van der Waals surface area (Å²) in [5.41, 5.74) is 8.65. The summed E-state index contributed by atoms with van der Waals surface area (Å²) < 4.78 is 11.9. The lowest BCUT2D eigenvalue weighted by molar-refractivity contribution is 0.347. The lowest BCUT2D eigenvalue weighted by Crippen LogP contribution is -2.33. The standard InChI is InChI=1S/C15H22BrNO2/c1-10-11(15(9-17)6-4-5-7-15)8-12(16)14(19-3)13(10)18-2/h8H,4-7,9,17H2,1-3H3. The number of hydrogen-bond acceptors (Lipinski definition) is 3. The quantitative estimate of drug-likeness (QED) is 0.919. The largest absolute Gasteiger partial charge is 0.493 e. The summed E-state index contributed by atoms with van der Waals surface area (Å²) in [4.78, 5) is 0. The molecule has 0 unspecified atom stereocenters. The minimum absolute atomic E-state index is 0.103. The Morgan fingerprint density at radius 1 is 1.21 bits per heavy atom. The summed E-state index contributed by atoms with van der Waals surface area (Å²) in [5, 5.41) is 0. The molecule has 1 fully saturated rings. The van der Waals surface area contributed by atoms with Crippen LogP contribution in [-0.4, -0.2) is 20.8 Å². The topological polar surface area (TPSA) is 44.5 Å². The van der Waals surface area contributed by atoms with Gasteiger partial charge in [0.1, 0.15) is 0 Å². The summed E-state index contributed by atoms with van der Waals surface area (Å²) in [6, 6.07) is 2.16. The van der Waals surface area contributed by atoms with E-state index in [0.717, 1.165) is 34.4 Å². The van der Waals surface area contributed by atoms with Gasteiger partial charge in [0.05, 0.1) is 18.7 Å². The Morgan fingerprint density at radius 2 is 1.79 bits per heavy atom. The van der Waals surface area contributed by atoms with Crippen LogP contribution in [0.2, 0.25) is 0 Å². The fourth-order valence-corrected chi connectivity index (χ4v) is 3.89. The van der Waals surface area contributed by atoms with Gasteiger partial charge in [-0.05, 0) is 52.9 Å². The van der Waals surface area contributed by atoms with Gasteiger partial charge >= 0.3 is 0 Å². The van der Waals surface area contributed by atoms with Crippen molar-refractivity contribution in [2.45, 2.75) is 38.0 Å². The van der Waals surface area contributed by atoms with Crippen molar-refractivity contribution in [3.8, 4) is 11.5 Å². The van der Waals surface area contributed by atoms with E-state index in [4.69, 9.17) is 15.2 Å². The van der Waals surface area contributed by atoms with Gasteiger partial charge < -0.3 is 15.2 Å². The maximum atomic E-state index is 6.09. The molecule has 0 bridgehead atoms. The maximum Gasteiger partial charge on any atom is 0.175 e. The number of hydrogen-bond donors (Lipinski definition) is 1. The first-order valence-corrected chi connectivity index (χ1v) is 7.50. The van der Waals surface area contributed by atoms with E-state index in [1.165, 1.54) is 18.4 Å². The van der Waals surface area contributed by atoms with Crippen LogP contribution in [0.4, 0.5) is 0 Å². The highest BCUT2D eigenvalue weighted by Crippen LogP contribution is 2.48. The lowest BCUT2D eigenvalue weighted by atomic mass is 9.76. The van der Waals surface area contributed by atoms with E-state index in [2.05, 4.69) is 28.9 Å². The van der Waals surface area contributed by atoms with Crippen LogP contribution in [-0.2, 0) is 5.41 Å². The Morgan fingerprint density at radius 3 is 2.26 bits per heavy atom. The molecule has 1 aromatic rings. The summed E-state index contributed by atoms with van der Waals surface area (Å²) in [6.45, 7) is 2.79. The third-order valence-corrected chi connectivity index (χ3v) is 4.96. The highest BCUT2D eigenvalue weighted by Gasteiger charge is 2.37. The molecule has 0 atom stereocenters. The number of benzene rings is 1. The van der Waals surface area contributed by atoms with Crippen LogP contribution in [0.5, 0.6) is 11.5 Å². The summed E-state index contributed by atoms with van der Waals surface area (Å²) in [7, 11) is 3.35. The van der Waals surface area contributed by atoms with Crippen LogP contribution in [0, 0.1) is 6.92 Å². The van der Waals surface area contributed by atoms with E-state index in [1.807, 2.05) is 0 Å². The van der Waals surface area contributed by atoms with E-state index in [-0.39, 0.29) is 5.41 Å². The van der Waals surface area contributed by atoms with Gasteiger partial charge in [0, 0.05) is 12.0 Å². The second kappa shape index (κ2) is 5.71. The van der Waals surface area contributed by atoms with Crippen LogP contribution in [0.1, 0.15) is 36.8 Å². The molecule has 3 nitrogen and oxygen atoms in total. The Balaban J connectivity index is 2.61. The Hall–Kier alpha value is -0.740. The van der Waals surface area contributed by atoms with E-state index in [9.17, 15) is 0 Å². The normalized spacial score (nSPS) is 17.5. The molecule has 2 N–H and O–H groups in total. The molecule has 1 aliphatic carbocycles. The molecule has 0 amide bonds. The second-order valence-electron chi connectivity index (χ2n) is 5.29. The zero-order valence-corrected chi connectivity index (χ0v) is 13.5. The molecule has 4 heteroatoms. The van der Waals surface area contributed by atoms with Crippen LogP contribution < -0.4 is 15.2 Å². The SMILES string of the molecule is COc1c(Br)cc(C2(CN)CCCC2)c(C)c1OC. The molecule has 106 valence electrons. The fourth-order valence-electron chi connectivity index (χ4n) is 3.32. The van der Waals surface area contributed by atoms with Crippen molar-refractivity contribution >= 4 is 15.9 Å². The average Bonchev–Trinajstić information content (AvgIpc) is 2.90. The fraction of sp³-hybridized carbons (Fsp3) is 0.600. The van der Waals surface area contributed by atoms with E-state index >= 15 is 0 Å². The Kier molecular flexibility index (Phi) is 4.41. The van der Waals surface area contributed by atoms with Crippen molar-refractivity contribution < 1.29 is 9.47 Å². The number of rotatable bonds is 4. The number of methoxy groups -OCH3 is 2. The van der Waals surface area contributed by atoms with Crippen molar-refractivity contribution in [2.75, 3.05) is 20.8 Å². The molecular formula is C15H22BrNO2. The van der Waals surface area contributed by atoms with Gasteiger partial charge in [-0.2, -0.15) is 0 Å². The molecule has 1 aliphatic rings. The summed E-state index contributed by atoms with van der Waals surface area (Å²) in [6.07, 6.45) is 4.82. The van der Waals surface area contributed by atoms with Gasteiger partial charge in [0.2, 0.25) is 0 Å². The second-order valence-corrected chi connectivity index (χ2v) is 6.14. The van der Waals surface area contributed by atoms with Crippen molar-refractivity contribution in [3.63, 3.8) is 0 Å². The zero-order valence-electron chi connectivity index (χ0n) is 11.9. The average molecular weight is 328 g/mol. The summed E-state index contributed by atoms with van der Waals surface area (Å²) in [5.74, 6) is 1.57. The first-order valence-electron chi connectivity index (χ1n) is 6.71. The van der Waals surface area contributed by atoms with Gasteiger partial charge in [-0.3, -0.25) is 0 Å². The predicted octanol–water partition coefficient (Wildman–Crippen LogP) is 3.55. The maximum absolute atomic E-state index is 6.09. The Bertz CT molecular complexity index is 468. The first-order chi connectivity index (χ1) is 9.09. The Labute approximate surface area is 123 Å². The van der Waals surface area contributed by atoms with Gasteiger partial charge in [-0.1, -0.05) is 12.8 Å². The monoisotopic (exact) mass is 327 g/mol. The van der Waals surface area contributed by atoms with Crippen molar-refractivity contribution in [1.82, 2.24) is 0 Å². The zero-order chi connectivity index (χ0) is 14.0. The van der Waals surface area contributed by atoms with E-state index in [0.29, 0.717) is 6.54 Å². The van der Waals surface area contributed by atoms with Crippen molar-refractivity contribution in [1.29, 1.82) is 0 Å². The van der Waals surface area contributed by atoms with E-state index < -0.39 is 0 Å². The van der Waals surface area contributed by atoms with Gasteiger partial charge in [-0.25, -0.2) is 0 Å². The van der Waals surface area contributed by atoms with Crippen LogP contribution in [0.25, 0.3) is 0 Å².